The molecular weight excluding hydrogens is 324 g/mol. The van der Waals surface area contributed by atoms with Crippen molar-refractivity contribution in [2.24, 2.45) is 0 Å². The summed E-state index contributed by atoms with van der Waals surface area (Å²) in [5, 5.41) is 11.0. The van der Waals surface area contributed by atoms with E-state index < -0.39 is 0 Å². The van der Waals surface area contributed by atoms with Crippen molar-refractivity contribution < 1.29 is 19.0 Å². The molecule has 1 aliphatic rings. The number of carbonyl (C=O) groups is 1. The highest BCUT2D eigenvalue weighted by atomic mass is 16.5. The third-order valence-electron chi connectivity index (χ3n) is 3.87. The molecule has 132 valence electrons. The molecule has 0 unspecified atom stereocenters. The van der Waals surface area contributed by atoms with Crippen LogP contribution in [0.5, 0.6) is 11.5 Å². The number of aromatic nitrogens is 2. The Bertz CT molecular complexity index is 730. The summed E-state index contributed by atoms with van der Waals surface area (Å²) in [5.74, 6) is 1.91. The molecule has 1 aliphatic heterocycles. The Morgan fingerprint density at radius 3 is 2.48 bits per heavy atom. The monoisotopic (exact) mass is 344 g/mol. The van der Waals surface area contributed by atoms with E-state index in [9.17, 15) is 4.79 Å². The second-order valence-corrected chi connectivity index (χ2v) is 5.40. The minimum Gasteiger partial charge on any atom is -0.493 e. The van der Waals surface area contributed by atoms with Crippen LogP contribution in [0, 0.1) is 0 Å². The van der Waals surface area contributed by atoms with Crippen LogP contribution in [0.1, 0.15) is 10.4 Å². The molecule has 1 fully saturated rings. The summed E-state index contributed by atoms with van der Waals surface area (Å²) in [5.41, 5.74) is 0.441. The van der Waals surface area contributed by atoms with E-state index in [0.29, 0.717) is 36.1 Å². The maximum atomic E-state index is 12.4. The van der Waals surface area contributed by atoms with Gasteiger partial charge in [0.1, 0.15) is 0 Å². The molecule has 1 aromatic heterocycles. The van der Waals surface area contributed by atoms with Crippen LogP contribution in [0.2, 0.25) is 0 Å². The fourth-order valence-electron chi connectivity index (χ4n) is 2.52. The quantitative estimate of drug-likeness (QED) is 0.881. The van der Waals surface area contributed by atoms with Gasteiger partial charge >= 0.3 is 0 Å². The van der Waals surface area contributed by atoms with Gasteiger partial charge in [0.2, 0.25) is 0 Å². The van der Waals surface area contributed by atoms with Gasteiger partial charge in [0, 0.05) is 18.7 Å². The predicted octanol–water partition coefficient (Wildman–Crippen LogP) is 1.58. The average Bonchev–Trinajstić information content (AvgIpc) is 2.68. The first-order valence-electron chi connectivity index (χ1n) is 7.91. The molecule has 2 heterocycles. The number of anilines is 2. The molecule has 1 aromatic carbocycles. The zero-order valence-corrected chi connectivity index (χ0v) is 14.2. The van der Waals surface area contributed by atoms with E-state index in [1.807, 2.05) is 6.07 Å². The van der Waals surface area contributed by atoms with E-state index in [4.69, 9.17) is 14.2 Å². The zero-order valence-electron chi connectivity index (χ0n) is 14.2. The van der Waals surface area contributed by atoms with Crippen LogP contribution in [0.25, 0.3) is 0 Å². The standard InChI is InChI=1S/C17H20N4O4/c1-23-13-4-3-12(11-14(13)24-2)17(22)18-15-5-6-16(20-19-15)21-7-9-25-10-8-21/h3-6,11H,7-10H2,1-2H3,(H,18,19,22). The maximum absolute atomic E-state index is 12.4. The lowest BCUT2D eigenvalue weighted by atomic mass is 10.2. The number of morpholine rings is 1. The van der Waals surface area contributed by atoms with Crippen LogP contribution in [0.4, 0.5) is 11.6 Å². The Kier molecular flexibility index (Phi) is 5.30. The molecule has 0 aliphatic carbocycles. The Balaban J connectivity index is 1.68. The second-order valence-electron chi connectivity index (χ2n) is 5.40. The van der Waals surface area contributed by atoms with Gasteiger partial charge in [-0.25, -0.2) is 0 Å². The first kappa shape index (κ1) is 17.0. The maximum Gasteiger partial charge on any atom is 0.257 e. The van der Waals surface area contributed by atoms with Crippen molar-refractivity contribution in [2.75, 3.05) is 50.7 Å². The Morgan fingerprint density at radius 2 is 1.84 bits per heavy atom. The summed E-state index contributed by atoms with van der Waals surface area (Å²) >= 11 is 0. The number of amides is 1. The highest BCUT2D eigenvalue weighted by molar-refractivity contribution is 6.04. The van der Waals surface area contributed by atoms with Crippen LogP contribution in [-0.4, -0.2) is 56.6 Å². The van der Waals surface area contributed by atoms with Gasteiger partial charge in [-0.05, 0) is 30.3 Å². The van der Waals surface area contributed by atoms with Crippen LogP contribution in [0.3, 0.4) is 0 Å². The average molecular weight is 344 g/mol. The second kappa shape index (κ2) is 7.80. The number of benzene rings is 1. The lowest BCUT2D eigenvalue weighted by molar-refractivity contribution is 0.102. The summed E-state index contributed by atoms with van der Waals surface area (Å²) < 4.78 is 15.7. The molecular formula is C17H20N4O4. The first-order chi connectivity index (χ1) is 12.2. The van der Waals surface area contributed by atoms with Crippen molar-refractivity contribution >= 4 is 17.5 Å². The Labute approximate surface area is 145 Å². The van der Waals surface area contributed by atoms with Gasteiger partial charge in [0.15, 0.2) is 23.1 Å². The van der Waals surface area contributed by atoms with Gasteiger partial charge in [-0.1, -0.05) is 0 Å². The number of ether oxygens (including phenoxy) is 3. The summed E-state index contributed by atoms with van der Waals surface area (Å²) in [4.78, 5) is 14.5. The normalized spacial score (nSPS) is 14.1. The number of carbonyl (C=O) groups excluding carboxylic acids is 1. The van der Waals surface area contributed by atoms with Crippen molar-refractivity contribution in [3.63, 3.8) is 0 Å². The fraction of sp³-hybridized carbons (Fsp3) is 0.353. The van der Waals surface area contributed by atoms with E-state index in [1.165, 1.54) is 7.11 Å². The molecule has 3 rings (SSSR count). The van der Waals surface area contributed by atoms with Crippen molar-refractivity contribution in [3.8, 4) is 11.5 Å². The van der Waals surface area contributed by atoms with Crippen LogP contribution >= 0.6 is 0 Å². The largest absolute Gasteiger partial charge is 0.493 e. The molecule has 8 heteroatoms. The molecule has 1 amide bonds. The Hall–Kier alpha value is -2.87. The lowest BCUT2D eigenvalue weighted by Crippen LogP contribution is -2.36. The third-order valence-corrected chi connectivity index (χ3v) is 3.87. The first-order valence-corrected chi connectivity index (χ1v) is 7.91. The number of hydrogen-bond donors (Lipinski definition) is 1. The van der Waals surface area contributed by atoms with Gasteiger partial charge in [-0.2, -0.15) is 0 Å². The lowest BCUT2D eigenvalue weighted by Gasteiger charge is -2.27. The molecule has 0 radical (unpaired) electrons. The van der Waals surface area contributed by atoms with Gasteiger partial charge in [0.05, 0.1) is 27.4 Å². The van der Waals surface area contributed by atoms with Crippen molar-refractivity contribution in [1.82, 2.24) is 10.2 Å². The predicted molar refractivity (Wildman–Crippen MR) is 92.6 cm³/mol. The van der Waals surface area contributed by atoms with Crippen molar-refractivity contribution in [2.45, 2.75) is 0 Å². The fourth-order valence-corrected chi connectivity index (χ4v) is 2.52. The number of hydrogen-bond acceptors (Lipinski definition) is 7. The van der Waals surface area contributed by atoms with Crippen LogP contribution < -0.4 is 19.7 Å². The molecule has 1 saturated heterocycles. The third kappa shape index (κ3) is 3.97. The number of rotatable bonds is 5. The molecule has 25 heavy (non-hydrogen) atoms. The number of methoxy groups -OCH3 is 2. The van der Waals surface area contributed by atoms with Gasteiger partial charge in [-0.15, -0.1) is 10.2 Å². The van der Waals surface area contributed by atoms with Crippen LogP contribution in [0.15, 0.2) is 30.3 Å². The molecule has 2 aromatic rings. The molecule has 8 nitrogen and oxygen atoms in total. The Morgan fingerprint density at radius 1 is 1.08 bits per heavy atom. The van der Waals surface area contributed by atoms with Crippen molar-refractivity contribution in [1.29, 1.82) is 0 Å². The van der Waals surface area contributed by atoms with Crippen molar-refractivity contribution in [3.05, 3.63) is 35.9 Å². The minimum absolute atomic E-state index is 0.297. The van der Waals surface area contributed by atoms with E-state index in [0.717, 1.165) is 18.9 Å². The summed E-state index contributed by atoms with van der Waals surface area (Å²) in [7, 11) is 3.07. The van der Waals surface area contributed by atoms with E-state index in [-0.39, 0.29) is 5.91 Å². The topological polar surface area (TPSA) is 85.8 Å². The number of nitrogens with one attached hydrogen (secondary N) is 1. The highest BCUT2D eigenvalue weighted by Gasteiger charge is 2.14. The smallest absolute Gasteiger partial charge is 0.257 e. The van der Waals surface area contributed by atoms with Gasteiger partial charge in [0.25, 0.3) is 5.91 Å². The zero-order chi connectivity index (χ0) is 17.6. The molecule has 0 atom stereocenters. The van der Waals surface area contributed by atoms with E-state index in [1.54, 1.807) is 31.4 Å². The molecule has 0 bridgehead atoms. The SMILES string of the molecule is COc1ccc(C(=O)Nc2ccc(N3CCOCC3)nn2)cc1OC. The molecule has 0 saturated carbocycles. The van der Waals surface area contributed by atoms with E-state index >= 15 is 0 Å². The van der Waals surface area contributed by atoms with Gasteiger partial charge in [-0.3, -0.25) is 4.79 Å². The van der Waals surface area contributed by atoms with E-state index in [2.05, 4.69) is 20.4 Å². The number of nitrogens with zero attached hydrogens (tertiary/aromatic N) is 3. The summed E-state index contributed by atoms with van der Waals surface area (Å²) in [6.07, 6.45) is 0. The highest BCUT2D eigenvalue weighted by Crippen LogP contribution is 2.27. The molecule has 1 N–H and O–H groups in total. The minimum atomic E-state index is -0.297. The van der Waals surface area contributed by atoms with Gasteiger partial charge < -0.3 is 24.4 Å². The summed E-state index contributed by atoms with van der Waals surface area (Å²) in [6.45, 7) is 2.93. The van der Waals surface area contributed by atoms with Crippen LogP contribution in [-0.2, 0) is 4.74 Å². The molecule has 0 spiro atoms. The summed E-state index contributed by atoms with van der Waals surface area (Å²) in [6, 6.07) is 8.52.